The Labute approximate surface area is 103 Å². The van der Waals surface area contributed by atoms with Gasteiger partial charge in [-0.25, -0.2) is 0 Å². The Balaban J connectivity index is 2.34. The molecule has 17 heavy (non-hydrogen) atoms. The van der Waals surface area contributed by atoms with Crippen LogP contribution in [-0.4, -0.2) is 22.5 Å². The van der Waals surface area contributed by atoms with E-state index in [1.807, 2.05) is 6.07 Å². The zero-order valence-corrected chi connectivity index (χ0v) is 9.71. The number of halogens is 1. The number of nitrogens with one attached hydrogen (secondary N) is 2. The van der Waals surface area contributed by atoms with Gasteiger partial charge >= 0.3 is 0 Å². The second-order valence-corrected chi connectivity index (χ2v) is 4.60. The molecule has 1 unspecified atom stereocenters. The van der Waals surface area contributed by atoms with E-state index in [9.17, 15) is 9.90 Å². The van der Waals surface area contributed by atoms with Gasteiger partial charge in [-0.15, -0.1) is 0 Å². The smallest absolute Gasteiger partial charge is 0.268 e. The van der Waals surface area contributed by atoms with E-state index in [2.05, 4.69) is 10.3 Å². The molecule has 0 saturated carbocycles. The van der Waals surface area contributed by atoms with Crippen molar-refractivity contribution in [3.8, 4) is 0 Å². The fourth-order valence-corrected chi connectivity index (χ4v) is 2.44. The van der Waals surface area contributed by atoms with Crippen LogP contribution in [-0.2, 0) is 0 Å². The van der Waals surface area contributed by atoms with Gasteiger partial charge < -0.3 is 15.4 Å². The Kier molecular flexibility index (Phi) is 2.34. The minimum Gasteiger partial charge on any atom is -0.388 e. The summed E-state index contributed by atoms with van der Waals surface area (Å²) in [5.41, 5.74) is 1.90. The van der Waals surface area contributed by atoms with Crippen molar-refractivity contribution >= 4 is 28.4 Å². The van der Waals surface area contributed by atoms with Gasteiger partial charge in [0.25, 0.3) is 5.91 Å². The molecule has 0 saturated heterocycles. The number of benzene rings is 1. The van der Waals surface area contributed by atoms with Crippen molar-refractivity contribution in [1.29, 1.82) is 0 Å². The Hall–Kier alpha value is -1.52. The molecule has 1 atom stereocenters. The molecule has 88 valence electrons. The summed E-state index contributed by atoms with van der Waals surface area (Å²) >= 11 is 5.95. The highest BCUT2D eigenvalue weighted by atomic mass is 35.5. The topological polar surface area (TPSA) is 65.1 Å². The molecule has 1 aliphatic heterocycles. The fraction of sp³-hybridized carbons (Fsp3) is 0.250. The molecular formula is C12H11ClN2O2. The number of H-pyrrole nitrogens is 1. The molecule has 1 aromatic carbocycles. The molecule has 0 bridgehead atoms. The van der Waals surface area contributed by atoms with Crippen LogP contribution in [0, 0.1) is 0 Å². The highest BCUT2D eigenvalue weighted by molar-refractivity contribution is 6.31. The lowest BCUT2D eigenvalue weighted by Crippen LogP contribution is -2.23. The second-order valence-electron chi connectivity index (χ2n) is 4.16. The van der Waals surface area contributed by atoms with Crippen LogP contribution >= 0.6 is 11.6 Å². The second kappa shape index (κ2) is 3.75. The number of hydrogen-bond donors (Lipinski definition) is 3. The van der Waals surface area contributed by atoms with E-state index in [0.29, 0.717) is 29.2 Å². The first-order chi connectivity index (χ1) is 8.16. The molecule has 0 spiro atoms. The van der Waals surface area contributed by atoms with Gasteiger partial charge in [-0.1, -0.05) is 11.6 Å². The zero-order valence-electron chi connectivity index (χ0n) is 8.96. The molecule has 2 aromatic rings. The minimum absolute atomic E-state index is 0.177. The average Bonchev–Trinajstić information content (AvgIpc) is 2.60. The molecule has 0 aliphatic carbocycles. The maximum absolute atomic E-state index is 11.8. The monoisotopic (exact) mass is 250 g/mol. The molecule has 3 N–H and O–H groups in total. The number of aromatic amines is 1. The zero-order chi connectivity index (χ0) is 12.0. The van der Waals surface area contributed by atoms with Crippen LogP contribution in [0.2, 0.25) is 5.02 Å². The summed E-state index contributed by atoms with van der Waals surface area (Å²) in [4.78, 5) is 14.9. The minimum atomic E-state index is -0.642. The van der Waals surface area contributed by atoms with Crippen LogP contribution in [0.1, 0.15) is 28.6 Å². The summed E-state index contributed by atoms with van der Waals surface area (Å²) in [5.74, 6) is -0.177. The number of rotatable bonds is 0. The Morgan fingerprint density at radius 1 is 1.41 bits per heavy atom. The number of aromatic nitrogens is 1. The molecule has 4 nitrogen and oxygen atoms in total. The number of carbonyl (C=O) groups is 1. The third-order valence-corrected chi connectivity index (χ3v) is 3.30. The molecule has 3 rings (SSSR count). The van der Waals surface area contributed by atoms with Crippen LogP contribution in [0.4, 0.5) is 0 Å². The number of fused-ring (bicyclic) bond motifs is 3. The Bertz CT molecular complexity index is 606. The van der Waals surface area contributed by atoms with Crippen molar-refractivity contribution in [3.05, 3.63) is 34.5 Å². The normalized spacial score (nSPS) is 19.9. The van der Waals surface area contributed by atoms with E-state index in [0.717, 1.165) is 10.9 Å². The summed E-state index contributed by atoms with van der Waals surface area (Å²) in [6, 6.07) is 5.34. The first-order valence-corrected chi connectivity index (χ1v) is 5.82. The fourth-order valence-electron chi connectivity index (χ4n) is 2.27. The van der Waals surface area contributed by atoms with Crippen molar-refractivity contribution in [3.63, 3.8) is 0 Å². The maximum Gasteiger partial charge on any atom is 0.268 e. The van der Waals surface area contributed by atoms with Gasteiger partial charge in [0.1, 0.15) is 5.69 Å². The molecule has 1 aliphatic rings. The van der Waals surface area contributed by atoms with E-state index >= 15 is 0 Å². The van der Waals surface area contributed by atoms with Gasteiger partial charge in [-0.2, -0.15) is 0 Å². The number of amides is 1. The predicted octanol–water partition coefficient (Wildman–Crippen LogP) is 1.99. The van der Waals surface area contributed by atoms with Crippen LogP contribution in [0.5, 0.6) is 0 Å². The SMILES string of the molecule is O=C1NCCC(O)c2c1[nH]c1ccc(Cl)cc21. The molecule has 2 heterocycles. The van der Waals surface area contributed by atoms with E-state index in [-0.39, 0.29) is 5.91 Å². The summed E-state index contributed by atoms with van der Waals surface area (Å²) in [5, 5.41) is 14.2. The summed E-state index contributed by atoms with van der Waals surface area (Å²) in [6.45, 7) is 0.477. The number of carbonyl (C=O) groups excluding carboxylic acids is 1. The lowest BCUT2D eigenvalue weighted by molar-refractivity contribution is 0.0951. The van der Waals surface area contributed by atoms with Crippen LogP contribution in [0.25, 0.3) is 10.9 Å². The number of hydrogen-bond acceptors (Lipinski definition) is 2. The van der Waals surface area contributed by atoms with Crippen molar-refractivity contribution in [2.24, 2.45) is 0 Å². The predicted molar refractivity (Wildman–Crippen MR) is 65.2 cm³/mol. The highest BCUT2D eigenvalue weighted by Gasteiger charge is 2.26. The van der Waals surface area contributed by atoms with Crippen molar-refractivity contribution in [1.82, 2.24) is 10.3 Å². The van der Waals surface area contributed by atoms with Gasteiger partial charge in [0.15, 0.2) is 0 Å². The van der Waals surface area contributed by atoms with E-state index < -0.39 is 6.10 Å². The molecular weight excluding hydrogens is 240 g/mol. The summed E-state index contributed by atoms with van der Waals surface area (Å²) in [6.07, 6.45) is -0.130. The first-order valence-electron chi connectivity index (χ1n) is 5.44. The van der Waals surface area contributed by atoms with E-state index in [1.165, 1.54) is 0 Å². The first kappa shape index (κ1) is 10.6. The Morgan fingerprint density at radius 2 is 2.24 bits per heavy atom. The third kappa shape index (κ3) is 1.61. The summed E-state index contributed by atoms with van der Waals surface area (Å²) in [7, 11) is 0. The van der Waals surface area contributed by atoms with Crippen LogP contribution in [0.15, 0.2) is 18.2 Å². The van der Waals surface area contributed by atoms with Crippen molar-refractivity contribution in [2.75, 3.05) is 6.54 Å². The molecule has 1 amide bonds. The molecule has 0 fully saturated rings. The van der Waals surface area contributed by atoms with Crippen LogP contribution in [0.3, 0.4) is 0 Å². The third-order valence-electron chi connectivity index (χ3n) is 3.06. The van der Waals surface area contributed by atoms with Gasteiger partial charge in [-0.05, 0) is 24.6 Å². The van der Waals surface area contributed by atoms with E-state index in [4.69, 9.17) is 11.6 Å². The molecule has 5 heteroatoms. The Morgan fingerprint density at radius 3 is 3.06 bits per heavy atom. The lowest BCUT2D eigenvalue weighted by Gasteiger charge is -2.06. The van der Waals surface area contributed by atoms with E-state index in [1.54, 1.807) is 12.1 Å². The van der Waals surface area contributed by atoms with Crippen molar-refractivity contribution < 1.29 is 9.90 Å². The highest BCUT2D eigenvalue weighted by Crippen LogP contribution is 2.32. The van der Waals surface area contributed by atoms with Gasteiger partial charge in [0.2, 0.25) is 0 Å². The largest absolute Gasteiger partial charge is 0.388 e. The van der Waals surface area contributed by atoms with Crippen molar-refractivity contribution in [2.45, 2.75) is 12.5 Å². The quantitative estimate of drug-likeness (QED) is 0.670. The molecule has 1 aromatic heterocycles. The number of aliphatic hydroxyl groups excluding tert-OH is 1. The molecule has 0 radical (unpaired) electrons. The standard InChI is InChI=1S/C12H11ClN2O2/c13-6-1-2-8-7(5-6)10-9(16)3-4-14-12(17)11(10)15-8/h1-2,5,9,15-16H,3-4H2,(H,14,17). The van der Waals surface area contributed by atoms with Crippen LogP contribution < -0.4 is 5.32 Å². The van der Waals surface area contributed by atoms with Gasteiger partial charge in [-0.3, -0.25) is 4.79 Å². The van der Waals surface area contributed by atoms with Gasteiger partial charge in [0.05, 0.1) is 6.10 Å². The maximum atomic E-state index is 11.8. The lowest BCUT2D eigenvalue weighted by atomic mass is 10.0. The van der Waals surface area contributed by atoms with Gasteiger partial charge in [0, 0.05) is 28.0 Å². The average molecular weight is 251 g/mol. The summed E-state index contributed by atoms with van der Waals surface area (Å²) < 4.78 is 0. The number of aliphatic hydroxyl groups is 1.